The Morgan fingerprint density at radius 2 is 1.53 bits per heavy atom. The Labute approximate surface area is 215 Å². The molecule has 2 N–H and O–H groups in total. The van der Waals surface area contributed by atoms with Crippen molar-refractivity contribution in [2.75, 3.05) is 76.3 Å². The van der Waals surface area contributed by atoms with Crippen LogP contribution in [0, 0.1) is 5.92 Å². The van der Waals surface area contributed by atoms with Gasteiger partial charge >= 0.3 is 0 Å². The molecule has 9 heteroatoms. The number of carbonyl (C=O) groups is 2. The summed E-state index contributed by atoms with van der Waals surface area (Å²) in [5.41, 5.74) is 7.58. The molecule has 0 aromatic carbocycles. The lowest BCUT2D eigenvalue weighted by molar-refractivity contribution is -0.132. The molecule has 2 aliphatic heterocycles. The Morgan fingerprint density at radius 3 is 2.14 bits per heavy atom. The molecule has 0 amide bonds. The lowest BCUT2D eigenvalue weighted by Crippen LogP contribution is -2.45. The van der Waals surface area contributed by atoms with Crippen LogP contribution in [-0.4, -0.2) is 97.8 Å². The number of aromatic nitrogens is 2. The number of carbonyl (C=O) groups excluding carboxylic acids is 2. The third kappa shape index (κ3) is 6.24. The molecule has 1 aromatic heterocycles. The van der Waals surface area contributed by atoms with Gasteiger partial charge in [-0.25, -0.2) is 9.97 Å². The number of anilines is 2. The second-order valence-electron chi connectivity index (χ2n) is 10.6. The Bertz CT molecular complexity index is 971. The zero-order valence-corrected chi connectivity index (χ0v) is 22.3. The predicted octanol–water partition coefficient (Wildman–Crippen LogP) is 2.17. The fourth-order valence-electron chi connectivity index (χ4n) is 5.42. The number of allylic oxidation sites excluding steroid dienone is 1. The van der Waals surface area contributed by atoms with Crippen LogP contribution in [0.15, 0.2) is 11.6 Å². The van der Waals surface area contributed by atoms with Gasteiger partial charge in [-0.15, -0.1) is 0 Å². The summed E-state index contributed by atoms with van der Waals surface area (Å²) in [6, 6.07) is 2.08. The number of rotatable bonds is 7. The quantitative estimate of drug-likeness (QED) is 0.449. The van der Waals surface area contributed by atoms with Gasteiger partial charge in [0.15, 0.2) is 11.6 Å². The van der Waals surface area contributed by atoms with Crippen molar-refractivity contribution >= 4 is 28.9 Å². The maximum absolute atomic E-state index is 13.6. The van der Waals surface area contributed by atoms with Crippen LogP contribution in [0.1, 0.15) is 57.7 Å². The minimum atomic E-state index is -0.569. The molecule has 0 bridgehead atoms. The van der Waals surface area contributed by atoms with Gasteiger partial charge in [-0.1, -0.05) is 19.8 Å². The van der Waals surface area contributed by atoms with E-state index < -0.39 is 5.92 Å². The second-order valence-corrected chi connectivity index (χ2v) is 10.6. The van der Waals surface area contributed by atoms with E-state index in [1.807, 2.05) is 6.92 Å². The van der Waals surface area contributed by atoms with Crippen LogP contribution >= 0.6 is 0 Å². The highest BCUT2D eigenvalue weighted by atomic mass is 16.2. The van der Waals surface area contributed by atoms with Crippen molar-refractivity contribution in [1.29, 1.82) is 0 Å². The van der Waals surface area contributed by atoms with E-state index in [0.717, 1.165) is 89.7 Å². The van der Waals surface area contributed by atoms with Crippen LogP contribution in [-0.2, 0) is 9.59 Å². The summed E-state index contributed by atoms with van der Waals surface area (Å²) in [6.45, 7) is 9.58. The minimum Gasteiger partial charge on any atom is -0.395 e. The van der Waals surface area contributed by atoms with E-state index in [9.17, 15) is 9.59 Å². The zero-order valence-electron chi connectivity index (χ0n) is 22.3. The number of ketones is 2. The highest BCUT2D eigenvalue weighted by Crippen LogP contribution is 2.29. The molecule has 2 saturated heterocycles. The SMILES string of the molecule is CCC/C(C(=O)[C@H]1CCCCC1=O)=C(/N)c1nc(N2CCCN(C)CC2)cc(N2CCN(C)CC2)n1. The summed E-state index contributed by atoms with van der Waals surface area (Å²) in [6.07, 6.45) is 5.24. The number of hydrogen-bond acceptors (Lipinski definition) is 9. The van der Waals surface area contributed by atoms with E-state index in [2.05, 4.69) is 39.8 Å². The maximum atomic E-state index is 13.6. The van der Waals surface area contributed by atoms with Gasteiger partial charge in [-0.2, -0.15) is 0 Å². The first-order chi connectivity index (χ1) is 17.4. The highest BCUT2D eigenvalue weighted by molar-refractivity contribution is 6.13. The Hall–Kier alpha value is -2.52. The van der Waals surface area contributed by atoms with Crippen LogP contribution in [0.5, 0.6) is 0 Å². The number of nitrogens with two attached hydrogens (primary N) is 1. The Balaban J connectivity index is 1.73. The van der Waals surface area contributed by atoms with Gasteiger partial charge in [-0.05, 0) is 46.3 Å². The normalized spacial score (nSPS) is 23.4. The summed E-state index contributed by atoms with van der Waals surface area (Å²) < 4.78 is 0. The van der Waals surface area contributed by atoms with Gasteiger partial charge < -0.3 is 25.3 Å². The van der Waals surface area contributed by atoms with E-state index >= 15 is 0 Å². The molecule has 3 heterocycles. The zero-order chi connectivity index (χ0) is 25.7. The summed E-state index contributed by atoms with van der Waals surface area (Å²) in [4.78, 5) is 45.2. The lowest BCUT2D eigenvalue weighted by atomic mass is 9.81. The molecular formula is C27H43N7O2. The molecule has 3 fully saturated rings. The van der Waals surface area contributed by atoms with Crippen LogP contribution in [0.3, 0.4) is 0 Å². The van der Waals surface area contributed by atoms with Crippen molar-refractivity contribution in [2.45, 2.75) is 51.9 Å². The maximum Gasteiger partial charge on any atom is 0.179 e. The molecule has 1 aliphatic carbocycles. The van der Waals surface area contributed by atoms with Crippen molar-refractivity contribution in [3.05, 3.63) is 17.5 Å². The van der Waals surface area contributed by atoms with Gasteiger partial charge in [-0.3, -0.25) is 9.59 Å². The molecule has 198 valence electrons. The highest BCUT2D eigenvalue weighted by Gasteiger charge is 2.32. The molecule has 3 aliphatic rings. The summed E-state index contributed by atoms with van der Waals surface area (Å²) in [7, 11) is 4.29. The number of likely N-dealkylation sites (N-methyl/N-ethyl adjacent to an activating group) is 2. The van der Waals surface area contributed by atoms with Gasteiger partial charge in [0.1, 0.15) is 17.4 Å². The molecule has 0 spiro atoms. The standard InChI is InChI=1S/C27H43N7O2/c1-4-8-21(26(36)20-9-5-6-10-22(20)35)25(28)27-29-23(33-12-7-11-31(2)13-16-33)19-24(30-27)34-17-14-32(3)15-18-34/h19-20H,4-18,28H2,1-3H3/b25-21-/t20-/m0/s1. The molecule has 0 radical (unpaired) electrons. The first-order valence-corrected chi connectivity index (χ1v) is 13.7. The fraction of sp³-hybridized carbons (Fsp3) is 0.704. The molecule has 0 unspecified atom stereocenters. The smallest absolute Gasteiger partial charge is 0.179 e. The van der Waals surface area contributed by atoms with Crippen molar-refractivity contribution in [1.82, 2.24) is 19.8 Å². The van der Waals surface area contributed by atoms with E-state index in [-0.39, 0.29) is 11.6 Å². The first kappa shape index (κ1) is 26.5. The van der Waals surface area contributed by atoms with Crippen LogP contribution in [0.4, 0.5) is 11.6 Å². The predicted molar refractivity (Wildman–Crippen MR) is 144 cm³/mol. The Kier molecular flexibility index (Phi) is 8.95. The minimum absolute atomic E-state index is 0.0501. The van der Waals surface area contributed by atoms with Crippen LogP contribution < -0.4 is 15.5 Å². The lowest BCUT2D eigenvalue weighted by Gasteiger charge is -2.34. The van der Waals surface area contributed by atoms with E-state index in [4.69, 9.17) is 15.7 Å². The molecule has 36 heavy (non-hydrogen) atoms. The number of Topliss-reactive ketones (excluding diaryl/α,β-unsaturated/α-hetero) is 2. The molecule has 9 nitrogen and oxygen atoms in total. The average Bonchev–Trinajstić information content (AvgIpc) is 3.11. The van der Waals surface area contributed by atoms with Crippen molar-refractivity contribution in [2.24, 2.45) is 11.7 Å². The molecule has 1 aromatic rings. The average molecular weight is 498 g/mol. The second kappa shape index (κ2) is 12.1. The van der Waals surface area contributed by atoms with E-state index in [1.165, 1.54) is 0 Å². The summed E-state index contributed by atoms with van der Waals surface area (Å²) >= 11 is 0. The van der Waals surface area contributed by atoms with Gasteiger partial charge in [0.05, 0.1) is 11.6 Å². The topological polar surface area (TPSA) is 98.9 Å². The molecular weight excluding hydrogens is 454 g/mol. The number of nitrogens with zero attached hydrogens (tertiary/aromatic N) is 6. The van der Waals surface area contributed by atoms with E-state index in [0.29, 0.717) is 36.4 Å². The van der Waals surface area contributed by atoms with Crippen LogP contribution in [0.2, 0.25) is 0 Å². The molecule has 1 saturated carbocycles. The third-order valence-electron chi connectivity index (χ3n) is 7.80. The monoisotopic (exact) mass is 497 g/mol. The van der Waals surface area contributed by atoms with Gasteiger partial charge in [0, 0.05) is 63.9 Å². The molecule has 4 rings (SSSR count). The van der Waals surface area contributed by atoms with Crippen molar-refractivity contribution < 1.29 is 9.59 Å². The van der Waals surface area contributed by atoms with Gasteiger partial charge in [0.2, 0.25) is 0 Å². The van der Waals surface area contributed by atoms with Crippen molar-refractivity contribution in [3.63, 3.8) is 0 Å². The summed E-state index contributed by atoms with van der Waals surface area (Å²) in [5, 5.41) is 0. The van der Waals surface area contributed by atoms with E-state index in [1.54, 1.807) is 0 Å². The van der Waals surface area contributed by atoms with Gasteiger partial charge in [0.25, 0.3) is 0 Å². The number of hydrogen-bond donors (Lipinski definition) is 1. The largest absolute Gasteiger partial charge is 0.395 e. The fourth-order valence-corrected chi connectivity index (χ4v) is 5.42. The third-order valence-corrected chi connectivity index (χ3v) is 7.80. The Morgan fingerprint density at radius 1 is 0.917 bits per heavy atom. The first-order valence-electron chi connectivity index (χ1n) is 13.7. The van der Waals surface area contributed by atoms with Crippen LogP contribution in [0.25, 0.3) is 5.70 Å². The number of piperazine rings is 1. The summed E-state index contributed by atoms with van der Waals surface area (Å²) in [5.74, 6) is 1.50. The van der Waals surface area contributed by atoms with Crippen molar-refractivity contribution in [3.8, 4) is 0 Å². The molecule has 1 atom stereocenters.